The minimum atomic E-state index is -0.396. The van der Waals surface area contributed by atoms with E-state index in [0.29, 0.717) is 5.82 Å². The molecule has 1 heterocycles. The molecule has 0 spiro atoms. The van der Waals surface area contributed by atoms with Crippen molar-refractivity contribution < 1.29 is 15.0 Å². The number of phenolic OH excluding ortho intramolecular Hbond substituents is 2. The fourth-order valence-electron chi connectivity index (χ4n) is 1.39. The summed E-state index contributed by atoms with van der Waals surface area (Å²) < 4.78 is 0. The first-order chi connectivity index (χ1) is 8.15. The third kappa shape index (κ3) is 2.75. The zero-order chi connectivity index (χ0) is 12.3. The predicted octanol–water partition coefficient (Wildman–Crippen LogP) is 0.751. The number of aromatic nitrogens is 2. The highest BCUT2D eigenvalue weighted by molar-refractivity contribution is 5.94. The Morgan fingerprint density at radius 1 is 1.29 bits per heavy atom. The number of carbonyl (C=O) groups excluding carboxylic acids is 1. The number of hydrogen-bond acceptors (Lipinski definition) is 4. The number of carbonyl (C=O) groups is 1. The Bertz CT molecular complexity index is 503. The molecule has 0 aliphatic heterocycles. The second kappa shape index (κ2) is 4.56. The average Bonchev–Trinajstić information content (AvgIpc) is 2.77. The van der Waals surface area contributed by atoms with E-state index in [0.717, 1.165) is 6.07 Å². The van der Waals surface area contributed by atoms with Gasteiger partial charge in [-0.3, -0.25) is 4.79 Å². The lowest BCUT2D eigenvalue weighted by atomic mass is 10.2. The number of benzene rings is 1. The van der Waals surface area contributed by atoms with Crippen LogP contribution in [-0.4, -0.2) is 26.1 Å². The van der Waals surface area contributed by atoms with Crippen molar-refractivity contribution in [2.75, 3.05) is 0 Å². The lowest BCUT2D eigenvalue weighted by molar-refractivity contribution is 0.0949. The number of amides is 1. The van der Waals surface area contributed by atoms with Gasteiger partial charge in [0.15, 0.2) is 0 Å². The van der Waals surface area contributed by atoms with Gasteiger partial charge in [0.25, 0.3) is 5.91 Å². The first-order valence-electron chi connectivity index (χ1n) is 4.94. The SMILES string of the molecule is O=C(NCc1ncc[nH]1)c1cc(O)cc(O)c1. The average molecular weight is 233 g/mol. The molecule has 0 radical (unpaired) electrons. The van der Waals surface area contributed by atoms with Crippen molar-refractivity contribution in [3.8, 4) is 11.5 Å². The number of hydrogen-bond donors (Lipinski definition) is 4. The number of aromatic hydroxyl groups is 2. The molecule has 0 bridgehead atoms. The van der Waals surface area contributed by atoms with E-state index in [9.17, 15) is 15.0 Å². The number of H-pyrrole nitrogens is 1. The van der Waals surface area contributed by atoms with Crippen molar-refractivity contribution in [2.24, 2.45) is 0 Å². The molecule has 4 N–H and O–H groups in total. The lowest BCUT2D eigenvalue weighted by Gasteiger charge is -2.04. The maximum absolute atomic E-state index is 11.7. The Morgan fingerprint density at radius 2 is 2.00 bits per heavy atom. The van der Waals surface area contributed by atoms with E-state index >= 15 is 0 Å². The number of rotatable bonds is 3. The van der Waals surface area contributed by atoms with Crippen molar-refractivity contribution in [1.82, 2.24) is 15.3 Å². The molecule has 17 heavy (non-hydrogen) atoms. The van der Waals surface area contributed by atoms with Crippen molar-refractivity contribution in [2.45, 2.75) is 6.54 Å². The zero-order valence-electron chi connectivity index (χ0n) is 8.84. The van der Waals surface area contributed by atoms with Crippen LogP contribution in [0.15, 0.2) is 30.6 Å². The summed E-state index contributed by atoms with van der Waals surface area (Å²) in [5, 5.41) is 21.1. The van der Waals surface area contributed by atoms with Gasteiger partial charge in [-0.25, -0.2) is 4.98 Å². The number of nitrogens with zero attached hydrogens (tertiary/aromatic N) is 1. The van der Waals surface area contributed by atoms with Gasteiger partial charge in [0.1, 0.15) is 17.3 Å². The minimum Gasteiger partial charge on any atom is -0.508 e. The van der Waals surface area contributed by atoms with Crippen LogP contribution in [0.3, 0.4) is 0 Å². The summed E-state index contributed by atoms with van der Waals surface area (Å²) in [6.45, 7) is 0.252. The van der Waals surface area contributed by atoms with Crippen LogP contribution in [0.25, 0.3) is 0 Å². The van der Waals surface area contributed by atoms with Crippen LogP contribution in [0.1, 0.15) is 16.2 Å². The molecule has 6 heteroatoms. The third-order valence-corrected chi connectivity index (χ3v) is 2.14. The normalized spacial score (nSPS) is 10.1. The number of aromatic amines is 1. The van der Waals surface area contributed by atoms with Crippen LogP contribution in [0.2, 0.25) is 0 Å². The van der Waals surface area contributed by atoms with Crippen molar-refractivity contribution >= 4 is 5.91 Å². The number of imidazole rings is 1. The standard InChI is InChI=1S/C11H11N3O3/c15-8-3-7(4-9(16)5-8)11(17)14-6-10-12-1-2-13-10/h1-5,15-16H,6H2,(H,12,13)(H,14,17). The lowest BCUT2D eigenvalue weighted by Crippen LogP contribution is -2.23. The van der Waals surface area contributed by atoms with E-state index in [2.05, 4.69) is 15.3 Å². The highest BCUT2D eigenvalue weighted by Crippen LogP contribution is 2.20. The predicted molar refractivity (Wildman–Crippen MR) is 59.5 cm³/mol. The smallest absolute Gasteiger partial charge is 0.251 e. The molecule has 0 saturated heterocycles. The van der Waals surface area contributed by atoms with Gasteiger partial charge in [-0.2, -0.15) is 0 Å². The van der Waals surface area contributed by atoms with E-state index in [-0.39, 0.29) is 23.6 Å². The Hall–Kier alpha value is -2.50. The third-order valence-electron chi connectivity index (χ3n) is 2.14. The fraction of sp³-hybridized carbons (Fsp3) is 0.0909. The van der Waals surface area contributed by atoms with Gasteiger partial charge in [-0.1, -0.05) is 0 Å². The van der Waals surface area contributed by atoms with Crippen molar-refractivity contribution in [1.29, 1.82) is 0 Å². The summed E-state index contributed by atoms with van der Waals surface area (Å²) in [5.74, 6) is -0.0865. The maximum atomic E-state index is 11.7. The quantitative estimate of drug-likeness (QED) is 0.628. The van der Waals surface area contributed by atoms with Gasteiger partial charge in [0.2, 0.25) is 0 Å². The van der Waals surface area contributed by atoms with Crippen LogP contribution in [0, 0.1) is 0 Å². The molecule has 0 atom stereocenters. The molecular formula is C11H11N3O3. The molecule has 1 amide bonds. The van der Waals surface area contributed by atoms with E-state index in [4.69, 9.17) is 0 Å². The van der Waals surface area contributed by atoms with Crippen LogP contribution in [0.4, 0.5) is 0 Å². The molecular weight excluding hydrogens is 222 g/mol. The highest BCUT2D eigenvalue weighted by atomic mass is 16.3. The van der Waals surface area contributed by atoms with E-state index in [1.165, 1.54) is 12.1 Å². The molecule has 1 aromatic carbocycles. The second-order valence-electron chi connectivity index (χ2n) is 3.46. The summed E-state index contributed by atoms with van der Waals surface area (Å²) in [4.78, 5) is 18.5. The molecule has 2 rings (SSSR count). The Kier molecular flexibility index (Phi) is 2.95. The van der Waals surface area contributed by atoms with Crippen LogP contribution < -0.4 is 5.32 Å². The van der Waals surface area contributed by atoms with Gasteiger partial charge in [-0.05, 0) is 12.1 Å². The zero-order valence-corrected chi connectivity index (χ0v) is 8.84. The first kappa shape index (κ1) is 11.0. The monoisotopic (exact) mass is 233 g/mol. The van der Waals surface area contributed by atoms with Crippen molar-refractivity contribution in [3.05, 3.63) is 42.0 Å². The highest BCUT2D eigenvalue weighted by Gasteiger charge is 2.08. The minimum absolute atomic E-state index is 0.159. The summed E-state index contributed by atoms with van der Waals surface area (Å²) in [7, 11) is 0. The van der Waals surface area contributed by atoms with E-state index in [1.807, 2.05) is 0 Å². The van der Waals surface area contributed by atoms with Gasteiger partial charge in [-0.15, -0.1) is 0 Å². The van der Waals surface area contributed by atoms with Gasteiger partial charge in [0.05, 0.1) is 6.54 Å². The Labute approximate surface area is 96.9 Å². The molecule has 0 aliphatic rings. The van der Waals surface area contributed by atoms with E-state index in [1.54, 1.807) is 12.4 Å². The first-order valence-corrected chi connectivity index (χ1v) is 4.94. The van der Waals surface area contributed by atoms with Gasteiger partial charge in [0, 0.05) is 24.0 Å². The molecule has 0 fully saturated rings. The van der Waals surface area contributed by atoms with E-state index < -0.39 is 5.91 Å². The summed E-state index contributed by atoms with van der Waals surface area (Å²) >= 11 is 0. The van der Waals surface area contributed by atoms with Crippen LogP contribution in [0.5, 0.6) is 11.5 Å². The van der Waals surface area contributed by atoms with Crippen LogP contribution in [-0.2, 0) is 6.54 Å². The van der Waals surface area contributed by atoms with Crippen LogP contribution >= 0.6 is 0 Å². The summed E-state index contributed by atoms with van der Waals surface area (Å²) in [6.07, 6.45) is 3.24. The van der Waals surface area contributed by atoms with Crippen molar-refractivity contribution in [3.63, 3.8) is 0 Å². The Morgan fingerprint density at radius 3 is 2.59 bits per heavy atom. The van der Waals surface area contributed by atoms with Gasteiger partial charge >= 0.3 is 0 Å². The summed E-state index contributed by atoms with van der Waals surface area (Å²) in [6, 6.07) is 3.71. The molecule has 6 nitrogen and oxygen atoms in total. The number of phenols is 2. The Balaban J connectivity index is 2.04. The molecule has 0 saturated carbocycles. The molecule has 0 aliphatic carbocycles. The molecule has 0 unspecified atom stereocenters. The fourth-order valence-corrected chi connectivity index (χ4v) is 1.39. The molecule has 1 aromatic heterocycles. The largest absolute Gasteiger partial charge is 0.508 e. The summed E-state index contributed by atoms with van der Waals surface area (Å²) in [5.41, 5.74) is 0.189. The molecule has 2 aromatic rings. The molecule has 88 valence electrons. The van der Waals surface area contributed by atoms with Gasteiger partial charge < -0.3 is 20.5 Å². The maximum Gasteiger partial charge on any atom is 0.251 e. The number of nitrogens with one attached hydrogen (secondary N) is 2. The second-order valence-corrected chi connectivity index (χ2v) is 3.46. The topological polar surface area (TPSA) is 98.2 Å².